The van der Waals surface area contributed by atoms with Gasteiger partial charge in [0.25, 0.3) is 0 Å². The van der Waals surface area contributed by atoms with E-state index in [1.54, 1.807) is 21.3 Å². The molecule has 2 unspecified atom stereocenters. The van der Waals surface area contributed by atoms with Crippen LogP contribution in [0.5, 0.6) is 28.7 Å². The first-order chi connectivity index (χ1) is 15.3. The fraction of sp³-hybridized carbons (Fsp3) is 0.364. The van der Waals surface area contributed by atoms with Gasteiger partial charge in [0.2, 0.25) is 0 Å². The number of hydrogen-bond donors (Lipinski definition) is 3. The number of ether oxygens (including phenoxy) is 5. The molecule has 10 nitrogen and oxygen atoms in total. The highest BCUT2D eigenvalue weighted by atomic mass is 16.6. The summed E-state index contributed by atoms with van der Waals surface area (Å²) in [6.45, 7) is 3.19. The Morgan fingerprint density at radius 1 is 1.00 bits per heavy atom. The maximum absolute atomic E-state index is 9.10. The molecule has 3 N–H and O–H groups in total. The molecule has 0 amide bonds. The summed E-state index contributed by atoms with van der Waals surface area (Å²) < 4.78 is 28.0. The van der Waals surface area contributed by atoms with Crippen LogP contribution < -0.4 is 29.0 Å². The lowest BCUT2D eigenvalue weighted by molar-refractivity contribution is -0.159. The van der Waals surface area contributed by atoms with E-state index in [0.29, 0.717) is 24.7 Å². The smallest absolute Gasteiger partial charge is 0.414 e. The molecule has 174 valence electrons. The number of carboxylic acid groups (broad SMARTS) is 2. The average Bonchev–Trinajstić information content (AvgIpc) is 2.81. The first kappa shape index (κ1) is 24.6. The van der Waals surface area contributed by atoms with Crippen molar-refractivity contribution in [3.05, 3.63) is 42.0 Å². The highest BCUT2D eigenvalue weighted by molar-refractivity contribution is 6.27. The van der Waals surface area contributed by atoms with Gasteiger partial charge >= 0.3 is 11.9 Å². The van der Waals surface area contributed by atoms with E-state index >= 15 is 0 Å². The molecule has 2 aromatic carbocycles. The lowest BCUT2D eigenvalue weighted by Gasteiger charge is -2.31. The molecule has 0 radical (unpaired) electrons. The molecule has 1 heterocycles. The number of fused-ring (bicyclic) bond motifs is 1. The van der Waals surface area contributed by atoms with Crippen LogP contribution in [0, 0.1) is 0 Å². The quantitative estimate of drug-likeness (QED) is 0.540. The first-order valence-corrected chi connectivity index (χ1v) is 9.67. The monoisotopic (exact) mass is 449 g/mol. The molecule has 10 heteroatoms. The van der Waals surface area contributed by atoms with Crippen LogP contribution in [0.25, 0.3) is 0 Å². The summed E-state index contributed by atoms with van der Waals surface area (Å²) >= 11 is 0. The summed E-state index contributed by atoms with van der Waals surface area (Å²) in [4.78, 5) is 18.2. The Morgan fingerprint density at radius 3 is 2.12 bits per heavy atom. The van der Waals surface area contributed by atoms with Gasteiger partial charge in [-0.05, 0) is 25.1 Å². The first-order valence-electron chi connectivity index (χ1n) is 9.67. The summed E-state index contributed by atoms with van der Waals surface area (Å²) in [5.41, 5.74) is 0.981. The Hall–Kier alpha value is -3.66. The Bertz CT molecular complexity index is 920. The zero-order valence-electron chi connectivity index (χ0n) is 18.3. The minimum absolute atomic E-state index is 0.0731. The van der Waals surface area contributed by atoms with Crippen molar-refractivity contribution in [2.24, 2.45) is 0 Å². The molecule has 1 aliphatic rings. The lowest BCUT2D eigenvalue weighted by Crippen LogP contribution is -2.45. The van der Waals surface area contributed by atoms with Gasteiger partial charge in [0.15, 0.2) is 23.0 Å². The number of benzene rings is 2. The van der Waals surface area contributed by atoms with E-state index in [9.17, 15) is 0 Å². The summed E-state index contributed by atoms with van der Waals surface area (Å²) in [7, 11) is 4.87. The highest BCUT2D eigenvalue weighted by Crippen LogP contribution is 2.35. The molecule has 0 aliphatic carbocycles. The number of hydrogen-bond acceptors (Lipinski definition) is 8. The van der Waals surface area contributed by atoms with Crippen LogP contribution in [-0.4, -0.2) is 62.2 Å². The molecule has 0 saturated heterocycles. The van der Waals surface area contributed by atoms with Gasteiger partial charge in [-0.2, -0.15) is 0 Å². The van der Waals surface area contributed by atoms with Crippen molar-refractivity contribution in [1.82, 2.24) is 5.32 Å². The zero-order chi connectivity index (χ0) is 23.7. The third-order valence-electron chi connectivity index (χ3n) is 4.67. The summed E-state index contributed by atoms with van der Waals surface area (Å²) in [6.07, 6.45) is -0.0731. The van der Waals surface area contributed by atoms with E-state index in [4.69, 9.17) is 43.5 Å². The van der Waals surface area contributed by atoms with Gasteiger partial charge in [-0.1, -0.05) is 12.1 Å². The molecule has 0 spiro atoms. The van der Waals surface area contributed by atoms with Gasteiger partial charge < -0.3 is 39.2 Å². The number of carbonyl (C=O) groups is 2. The third-order valence-corrected chi connectivity index (χ3v) is 4.67. The summed E-state index contributed by atoms with van der Waals surface area (Å²) in [5, 5.41) is 18.3. The van der Waals surface area contributed by atoms with Crippen molar-refractivity contribution in [3.63, 3.8) is 0 Å². The predicted octanol–water partition coefficient (Wildman–Crippen LogP) is 2.19. The molecular weight excluding hydrogens is 422 g/mol. The standard InChI is InChI=1S/C20H25NO5.C2H2O4/c1-13(20-12-25-15-7-5-6-8-16(15)26-20)21-11-14-9-18(23-3)19(24-4)10-17(14)22-2;3-1(4)2(5)6/h5-10,13,20-21H,11-12H2,1-4H3;(H,3,4)(H,5,6). The molecule has 3 rings (SSSR count). The van der Waals surface area contributed by atoms with E-state index in [1.807, 2.05) is 36.4 Å². The molecule has 0 saturated carbocycles. The van der Waals surface area contributed by atoms with Gasteiger partial charge in [-0.25, -0.2) is 9.59 Å². The van der Waals surface area contributed by atoms with Gasteiger partial charge in [-0.3, -0.25) is 0 Å². The van der Waals surface area contributed by atoms with E-state index in [1.165, 1.54) is 0 Å². The molecule has 0 fully saturated rings. The van der Waals surface area contributed by atoms with Crippen LogP contribution >= 0.6 is 0 Å². The predicted molar refractivity (Wildman–Crippen MR) is 114 cm³/mol. The van der Waals surface area contributed by atoms with Crippen LogP contribution in [0.1, 0.15) is 12.5 Å². The topological polar surface area (TPSA) is 133 Å². The van der Waals surface area contributed by atoms with Gasteiger partial charge in [0, 0.05) is 24.2 Å². The Morgan fingerprint density at radius 2 is 1.56 bits per heavy atom. The lowest BCUT2D eigenvalue weighted by atomic mass is 10.1. The maximum Gasteiger partial charge on any atom is 0.414 e. The second-order valence-electron chi connectivity index (χ2n) is 6.71. The maximum atomic E-state index is 9.10. The summed E-state index contributed by atoms with van der Waals surface area (Å²) in [6, 6.07) is 11.6. The van der Waals surface area contributed by atoms with Crippen LogP contribution in [-0.2, 0) is 16.1 Å². The van der Waals surface area contributed by atoms with Gasteiger partial charge in [0.05, 0.1) is 21.3 Å². The zero-order valence-corrected chi connectivity index (χ0v) is 18.3. The number of rotatable bonds is 7. The highest BCUT2D eigenvalue weighted by Gasteiger charge is 2.26. The van der Waals surface area contributed by atoms with Gasteiger partial charge in [0.1, 0.15) is 18.5 Å². The fourth-order valence-corrected chi connectivity index (χ4v) is 2.92. The average molecular weight is 449 g/mol. The number of carboxylic acids is 2. The van der Waals surface area contributed by atoms with E-state index in [0.717, 1.165) is 22.8 Å². The molecule has 2 aromatic rings. The fourth-order valence-electron chi connectivity index (χ4n) is 2.92. The van der Waals surface area contributed by atoms with E-state index < -0.39 is 11.9 Å². The second kappa shape index (κ2) is 11.7. The molecule has 0 bridgehead atoms. The number of methoxy groups -OCH3 is 3. The molecule has 0 aromatic heterocycles. The van der Waals surface area contributed by atoms with Crippen molar-refractivity contribution in [3.8, 4) is 28.7 Å². The largest absolute Gasteiger partial charge is 0.496 e. The number of para-hydroxylation sites is 2. The van der Waals surface area contributed by atoms with Crippen molar-refractivity contribution in [2.45, 2.75) is 25.6 Å². The molecule has 2 atom stereocenters. The van der Waals surface area contributed by atoms with Crippen LogP contribution in [0.2, 0.25) is 0 Å². The molecular formula is C22H27NO9. The van der Waals surface area contributed by atoms with Gasteiger partial charge in [-0.15, -0.1) is 0 Å². The van der Waals surface area contributed by atoms with Crippen molar-refractivity contribution in [2.75, 3.05) is 27.9 Å². The molecule has 1 aliphatic heterocycles. The van der Waals surface area contributed by atoms with E-state index in [2.05, 4.69) is 12.2 Å². The number of aliphatic carboxylic acids is 2. The van der Waals surface area contributed by atoms with Crippen molar-refractivity contribution >= 4 is 11.9 Å². The third kappa shape index (κ3) is 6.42. The second-order valence-corrected chi connectivity index (χ2v) is 6.71. The van der Waals surface area contributed by atoms with Crippen molar-refractivity contribution < 1.29 is 43.5 Å². The molecule has 32 heavy (non-hydrogen) atoms. The minimum atomic E-state index is -1.82. The van der Waals surface area contributed by atoms with Crippen LogP contribution in [0.4, 0.5) is 0 Å². The Balaban J connectivity index is 0.000000534. The van der Waals surface area contributed by atoms with Crippen LogP contribution in [0.15, 0.2) is 36.4 Å². The van der Waals surface area contributed by atoms with Crippen molar-refractivity contribution in [1.29, 1.82) is 0 Å². The van der Waals surface area contributed by atoms with Crippen LogP contribution in [0.3, 0.4) is 0 Å². The van der Waals surface area contributed by atoms with E-state index in [-0.39, 0.29) is 12.1 Å². The minimum Gasteiger partial charge on any atom is -0.496 e. The Labute approximate surface area is 185 Å². The normalized spacial score (nSPS) is 14.9. The SMILES string of the molecule is COc1cc(OC)c(OC)cc1CNC(C)C1COc2ccccc2O1.O=C(O)C(=O)O. The summed E-state index contributed by atoms with van der Waals surface area (Å²) in [5.74, 6) is -0.0252. The number of nitrogens with one attached hydrogen (secondary N) is 1. The Kier molecular flexibility index (Phi) is 8.96.